The number of hydrogen-bond donors (Lipinski definition) is 1. The van der Waals surface area contributed by atoms with E-state index in [1.807, 2.05) is 0 Å². The van der Waals surface area contributed by atoms with Crippen LogP contribution in [0.15, 0.2) is 17.5 Å². The fraction of sp³-hybridized carbons (Fsp3) is 0.533. The minimum atomic E-state index is -1.11. The molecule has 1 amide bonds. The molecule has 2 heterocycles. The van der Waals surface area contributed by atoms with Crippen LogP contribution in [0, 0.1) is 11.8 Å². The van der Waals surface area contributed by atoms with Gasteiger partial charge in [-0.25, -0.2) is 0 Å². The zero-order chi connectivity index (χ0) is 14.6. The van der Waals surface area contributed by atoms with Gasteiger partial charge in [-0.15, -0.1) is 11.3 Å². The first-order valence-electron chi connectivity index (χ1n) is 6.73. The number of hydrogen-bond acceptors (Lipinski definition) is 4. The molecule has 20 heavy (non-hydrogen) atoms. The monoisotopic (exact) mass is 292 g/mol. The summed E-state index contributed by atoms with van der Waals surface area (Å²) in [6.45, 7) is 7.24. The van der Waals surface area contributed by atoms with Crippen molar-refractivity contribution < 1.29 is 9.90 Å². The van der Waals surface area contributed by atoms with Crippen LogP contribution in [0.3, 0.4) is 0 Å². The summed E-state index contributed by atoms with van der Waals surface area (Å²) in [6, 6.07) is 4.20. The Hall–Kier alpha value is -1.35. The second-order valence-electron chi connectivity index (χ2n) is 5.46. The first-order chi connectivity index (χ1) is 9.44. The third kappa shape index (κ3) is 4.64. The number of thiophene rings is 1. The molecule has 1 aliphatic heterocycles. The molecule has 2 rings (SSSR count). The van der Waals surface area contributed by atoms with Crippen LogP contribution in [-0.4, -0.2) is 52.6 Å². The van der Waals surface area contributed by atoms with Crippen molar-refractivity contribution in [3.63, 3.8) is 0 Å². The highest BCUT2D eigenvalue weighted by atomic mass is 32.1. The third-order valence-electron chi connectivity index (χ3n) is 3.09. The van der Waals surface area contributed by atoms with Gasteiger partial charge in [0, 0.05) is 37.6 Å². The fourth-order valence-corrected chi connectivity index (χ4v) is 2.76. The van der Waals surface area contributed by atoms with Crippen LogP contribution in [0.5, 0.6) is 0 Å². The maximum absolute atomic E-state index is 11.9. The number of carbonyl (C=O) groups is 1. The highest BCUT2D eigenvalue weighted by Gasteiger charge is 2.20. The standard InChI is InChI=1S/C15H20N2O2S/c1-15(2,19)6-5-14(18)17-9-7-16(8-10-17)12-13-4-3-11-20-13/h3-4,11,19H,7-10,12H2,1-2H3. The molecule has 0 spiro atoms. The van der Waals surface area contributed by atoms with Crippen molar-refractivity contribution in [2.24, 2.45) is 0 Å². The molecule has 5 heteroatoms. The van der Waals surface area contributed by atoms with E-state index in [-0.39, 0.29) is 5.91 Å². The molecule has 0 atom stereocenters. The van der Waals surface area contributed by atoms with Crippen LogP contribution >= 0.6 is 11.3 Å². The Bertz CT molecular complexity index is 500. The maximum Gasteiger partial charge on any atom is 0.298 e. The lowest BCUT2D eigenvalue weighted by Crippen LogP contribution is -2.47. The molecule has 0 aliphatic carbocycles. The fourth-order valence-electron chi connectivity index (χ4n) is 2.02. The van der Waals surface area contributed by atoms with Gasteiger partial charge in [-0.3, -0.25) is 9.69 Å². The summed E-state index contributed by atoms with van der Waals surface area (Å²) in [4.78, 5) is 17.3. The van der Waals surface area contributed by atoms with Crippen molar-refractivity contribution in [1.29, 1.82) is 0 Å². The molecule has 1 N–H and O–H groups in total. The van der Waals surface area contributed by atoms with Crippen molar-refractivity contribution in [1.82, 2.24) is 9.80 Å². The van der Waals surface area contributed by atoms with Crippen molar-refractivity contribution in [2.45, 2.75) is 26.0 Å². The van der Waals surface area contributed by atoms with Gasteiger partial charge in [0.05, 0.1) is 0 Å². The Morgan fingerprint density at radius 1 is 1.40 bits per heavy atom. The van der Waals surface area contributed by atoms with E-state index in [2.05, 4.69) is 34.3 Å². The number of aliphatic hydroxyl groups is 1. The average Bonchev–Trinajstić information content (AvgIpc) is 2.89. The largest absolute Gasteiger partial charge is 0.378 e. The number of rotatable bonds is 2. The van der Waals surface area contributed by atoms with Gasteiger partial charge in [0.2, 0.25) is 0 Å². The van der Waals surface area contributed by atoms with Gasteiger partial charge in [0.15, 0.2) is 0 Å². The molecule has 1 fully saturated rings. The Morgan fingerprint density at radius 2 is 2.10 bits per heavy atom. The predicted molar refractivity (Wildman–Crippen MR) is 80.2 cm³/mol. The van der Waals surface area contributed by atoms with Crippen molar-refractivity contribution in [2.75, 3.05) is 26.2 Å². The topological polar surface area (TPSA) is 43.8 Å². The smallest absolute Gasteiger partial charge is 0.298 e. The van der Waals surface area contributed by atoms with Gasteiger partial charge in [-0.1, -0.05) is 12.0 Å². The Balaban J connectivity index is 1.81. The van der Waals surface area contributed by atoms with E-state index < -0.39 is 5.60 Å². The number of amides is 1. The van der Waals surface area contributed by atoms with Crippen LogP contribution < -0.4 is 0 Å². The average molecular weight is 292 g/mol. The zero-order valence-electron chi connectivity index (χ0n) is 11.9. The van der Waals surface area contributed by atoms with Crippen molar-refractivity contribution in [3.05, 3.63) is 22.4 Å². The molecule has 1 aromatic rings. The predicted octanol–water partition coefficient (Wildman–Crippen LogP) is 1.17. The number of carbonyl (C=O) groups excluding carboxylic acids is 1. The van der Waals surface area contributed by atoms with Gasteiger partial charge >= 0.3 is 0 Å². The van der Waals surface area contributed by atoms with E-state index >= 15 is 0 Å². The first-order valence-corrected chi connectivity index (χ1v) is 7.61. The summed E-state index contributed by atoms with van der Waals surface area (Å²) in [5.41, 5.74) is -1.11. The molecule has 0 aromatic carbocycles. The second-order valence-corrected chi connectivity index (χ2v) is 6.49. The van der Waals surface area contributed by atoms with Gasteiger partial charge in [-0.2, -0.15) is 0 Å². The normalized spacial score (nSPS) is 16.6. The van der Waals surface area contributed by atoms with Crippen molar-refractivity contribution in [3.8, 4) is 11.8 Å². The maximum atomic E-state index is 11.9. The molecule has 1 saturated heterocycles. The van der Waals surface area contributed by atoms with E-state index in [4.69, 9.17) is 0 Å². The quantitative estimate of drug-likeness (QED) is 0.832. The number of piperazine rings is 1. The van der Waals surface area contributed by atoms with E-state index in [9.17, 15) is 9.90 Å². The number of nitrogens with zero attached hydrogens (tertiary/aromatic N) is 2. The second kappa shape index (κ2) is 6.40. The molecule has 1 aliphatic rings. The van der Waals surface area contributed by atoms with E-state index in [1.165, 1.54) is 4.88 Å². The molecular weight excluding hydrogens is 272 g/mol. The van der Waals surface area contributed by atoms with Crippen LogP contribution in [-0.2, 0) is 11.3 Å². The Labute approximate surface area is 124 Å². The molecule has 0 saturated carbocycles. The molecule has 108 valence electrons. The van der Waals surface area contributed by atoms with Crippen LogP contribution in [0.2, 0.25) is 0 Å². The SMILES string of the molecule is CC(C)(O)C#CC(=O)N1CCN(Cc2cccs2)CC1. The minimum Gasteiger partial charge on any atom is -0.378 e. The molecule has 0 unspecified atom stereocenters. The molecule has 0 radical (unpaired) electrons. The summed E-state index contributed by atoms with van der Waals surface area (Å²) in [5, 5.41) is 11.6. The summed E-state index contributed by atoms with van der Waals surface area (Å²) < 4.78 is 0. The Kier molecular flexibility index (Phi) is 4.81. The van der Waals surface area contributed by atoms with Crippen LogP contribution in [0.25, 0.3) is 0 Å². The third-order valence-corrected chi connectivity index (χ3v) is 3.96. The van der Waals surface area contributed by atoms with E-state index in [0.29, 0.717) is 13.1 Å². The van der Waals surface area contributed by atoms with Crippen LogP contribution in [0.1, 0.15) is 18.7 Å². The first kappa shape index (κ1) is 15.0. The summed E-state index contributed by atoms with van der Waals surface area (Å²) in [7, 11) is 0. The summed E-state index contributed by atoms with van der Waals surface area (Å²) in [5.74, 6) is 4.90. The highest BCUT2D eigenvalue weighted by Crippen LogP contribution is 2.13. The zero-order valence-corrected chi connectivity index (χ0v) is 12.7. The van der Waals surface area contributed by atoms with Gasteiger partial charge in [-0.05, 0) is 31.2 Å². The molecule has 4 nitrogen and oxygen atoms in total. The highest BCUT2D eigenvalue weighted by molar-refractivity contribution is 7.09. The Morgan fingerprint density at radius 3 is 2.65 bits per heavy atom. The van der Waals surface area contributed by atoms with Gasteiger partial charge < -0.3 is 10.0 Å². The van der Waals surface area contributed by atoms with E-state index in [0.717, 1.165) is 19.6 Å². The molecule has 0 bridgehead atoms. The summed E-state index contributed by atoms with van der Waals surface area (Å²) in [6.07, 6.45) is 0. The van der Waals surface area contributed by atoms with Gasteiger partial charge in [0.25, 0.3) is 5.91 Å². The minimum absolute atomic E-state index is 0.192. The molecule has 1 aromatic heterocycles. The lowest BCUT2D eigenvalue weighted by molar-refractivity contribution is -0.126. The van der Waals surface area contributed by atoms with E-state index in [1.54, 1.807) is 30.1 Å². The lowest BCUT2D eigenvalue weighted by Gasteiger charge is -2.33. The van der Waals surface area contributed by atoms with Gasteiger partial charge in [0.1, 0.15) is 5.60 Å². The van der Waals surface area contributed by atoms with Crippen molar-refractivity contribution >= 4 is 17.2 Å². The molecular formula is C15H20N2O2S. The lowest BCUT2D eigenvalue weighted by atomic mass is 10.1. The van der Waals surface area contributed by atoms with Crippen LogP contribution in [0.4, 0.5) is 0 Å². The summed E-state index contributed by atoms with van der Waals surface area (Å²) >= 11 is 1.76.